The topological polar surface area (TPSA) is 21.5 Å². The highest BCUT2D eigenvalue weighted by Gasteiger charge is 2.29. The van der Waals surface area contributed by atoms with E-state index >= 15 is 0 Å². The zero-order chi connectivity index (χ0) is 19.8. The zero-order valence-electron chi connectivity index (χ0n) is 16.6. The minimum Gasteiger partial charge on any atom is -0.325 e. The van der Waals surface area contributed by atoms with Gasteiger partial charge in [-0.1, -0.05) is 85.0 Å². The number of benzene rings is 2. The molecular weight excluding hydrogens is 342 g/mol. The first-order valence-electron chi connectivity index (χ1n) is 9.87. The van der Waals surface area contributed by atoms with Crippen LogP contribution in [-0.2, 0) is 4.79 Å². The van der Waals surface area contributed by atoms with E-state index in [2.05, 4.69) is 38.1 Å². The second-order valence-electron chi connectivity index (χ2n) is 7.42. The number of carbonyl (C=O) groups excluding carboxylic acids is 1. The van der Waals surface area contributed by atoms with Gasteiger partial charge in [0, 0.05) is 0 Å². The van der Waals surface area contributed by atoms with Crippen molar-refractivity contribution >= 4 is 17.9 Å². The van der Waals surface area contributed by atoms with Gasteiger partial charge in [-0.3, -0.25) is 4.79 Å². The van der Waals surface area contributed by atoms with Gasteiger partial charge in [0.2, 0.25) is 0 Å². The van der Waals surface area contributed by atoms with Crippen molar-refractivity contribution in [1.82, 2.24) is 0 Å². The SMILES string of the molecule is CC(C)[NH+]1C/C(=C\C=C\c2ccccc2)C(=O)/C(=C/C=C/c2ccccc2)C1. The summed E-state index contributed by atoms with van der Waals surface area (Å²) in [5, 5.41) is 0. The van der Waals surface area contributed by atoms with Gasteiger partial charge in [0.1, 0.15) is 13.1 Å². The smallest absolute Gasteiger partial charge is 0.196 e. The summed E-state index contributed by atoms with van der Waals surface area (Å²) in [7, 11) is 0. The Morgan fingerprint density at radius 1 is 0.750 bits per heavy atom. The van der Waals surface area contributed by atoms with Gasteiger partial charge in [-0.25, -0.2) is 0 Å². The van der Waals surface area contributed by atoms with E-state index in [1.54, 1.807) is 0 Å². The minimum absolute atomic E-state index is 0.167. The highest BCUT2D eigenvalue weighted by molar-refractivity contribution is 6.09. The van der Waals surface area contributed by atoms with E-state index in [0.29, 0.717) is 6.04 Å². The molecule has 2 aromatic rings. The molecule has 2 aromatic carbocycles. The summed E-state index contributed by atoms with van der Waals surface area (Å²) in [4.78, 5) is 14.4. The molecule has 0 aliphatic carbocycles. The summed E-state index contributed by atoms with van der Waals surface area (Å²) in [6.07, 6.45) is 12.0. The summed E-state index contributed by atoms with van der Waals surface area (Å²) in [5.74, 6) is 0.167. The molecule has 3 rings (SSSR count). The van der Waals surface area contributed by atoms with Crippen LogP contribution in [0.1, 0.15) is 25.0 Å². The van der Waals surface area contributed by atoms with Crippen molar-refractivity contribution in [3.8, 4) is 0 Å². The number of piperidine rings is 1. The zero-order valence-corrected chi connectivity index (χ0v) is 16.6. The molecular formula is C26H28NO+. The number of rotatable bonds is 5. The fourth-order valence-electron chi connectivity index (χ4n) is 3.28. The molecule has 1 saturated heterocycles. The van der Waals surface area contributed by atoms with Crippen LogP contribution in [0.4, 0.5) is 0 Å². The number of allylic oxidation sites excluding steroid dienone is 4. The van der Waals surface area contributed by atoms with Crippen molar-refractivity contribution in [3.63, 3.8) is 0 Å². The number of nitrogens with one attached hydrogen (secondary N) is 1. The fourth-order valence-corrected chi connectivity index (χ4v) is 3.28. The molecule has 0 amide bonds. The van der Waals surface area contributed by atoms with Gasteiger partial charge in [-0.15, -0.1) is 0 Å². The maximum absolute atomic E-state index is 13.0. The van der Waals surface area contributed by atoms with Crippen LogP contribution in [0.2, 0.25) is 0 Å². The van der Waals surface area contributed by atoms with Gasteiger partial charge < -0.3 is 4.90 Å². The van der Waals surface area contributed by atoms with Crippen LogP contribution in [0.3, 0.4) is 0 Å². The van der Waals surface area contributed by atoms with Crippen molar-refractivity contribution in [1.29, 1.82) is 0 Å². The van der Waals surface area contributed by atoms with Gasteiger partial charge in [-0.2, -0.15) is 0 Å². The Balaban J connectivity index is 1.79. The highest BCUT2D eigenvalue weighted by atomic mass is 16.1. The van der Waals surface area contributed by atoms with E-state index in [1.807, 2.05) is 72.9 Å². The second-order valence-corrected chi connectivity index (χ2v) is 7.42. The molecule has 1 aliphatic heterocycles. The summed E-state index contributed by atoms with van der Waals surface area (Å²) in [5.41, 5.74) is 4.03. The first-order valence-corrected chi connectivity index (χ1v) is 9.87. The van der Waals surface area contributed by atoms with Gasteiger partial charge in [0.15, 0.2) is 5.78 Å². The van der Waals surface area contributed by atoms with E-state index in [9.17, 15) is 4.79 Å². The molecule has 28 heavy (non-hydrogen) atoms. The summed E-state index contributed by atoms with van der Waals surface area (Å²) in [6.45, 7) is 5.96. The first-order chi connectivity index (χ1) is 13.6. The molecule has 1 N–H and O–H groups in total. The average molecular weight is 371 g/mol. The average Bonchev–Trinajstić information content (AvgIpc) is 2.72. The molecule has 0 radical (unpaired) electrons. The van der Waals surface area contributed by atoms with Crippen LogP contribution in [-0.4, -0.2) is 24.9 Å². The Labute approximate surface area is 168 Å². The Bertz CT molecular complexity index is 830. The van der Waals surface area contributed by atoms with Gasteiger partial charge in [0.25, 0.3) is 0 Å². The molecule has 0 spiro atoms. The quantitative estimate of drug-likeness (QED) is 0.785. The largest absolute Gasteiger partial charge is 0.325 e. The lowest BCUT2D eigenvalue weighted by atomic mass is 9.95. The Morgan fingerprint density at radius 2 is 1.18 bits per heavy atom. The molecule has 0 atom stereocenters. The molecule has 1 heterocycles. The van der Waals surface area contributed by atoms with Gasteiger partial charge in [0.05, 0.1) is 17.2 Å². The second kappa shape index (κ2) is 9.82. The van der Waals surface area contributed by atoms with Crippen LogP contribution >= 0.6 is 0 Å². The van der Waals surface area contributed by atoms with E-state index in [1.165, 1.54) is 4.90 Å². The van der Waals surface area contributed by atoms with E-state index in [4.69, 9.17) is 0 Å². The molecule has 2 nitrogen and oxygen atoms in total. The summed E-state index contributed by atoms with van der Waals surface area (Å²) < 4.78 is 0. The van der Waals surface area contributed by atoms with Gasteiger partial charge >= 0.3 is 0 Å². The Morgan fingerprint density at radius 3 is 1.57 bits per heavy atom. The number of carbonyl (C=O) groups is 1. The first kappa shape index (κ1) is 19.8. The lowest BCUT2D eigenvalue weighted by Crippen LogP contribution is -3.16. The normalized spacial score (nSPS) is 20.8. The number of ketones is 1. The van der Waals surface area contributed by atoms with E-state index in [0.717, 1.165) is 35.4 Å². The highest BCUT2D eigenvalue weighted by Crippen LogP contribution is 2.11. The summed E-state index contributed by atoms with van der Waals surface area (Å²) >= 11 is 0. The van der Waals surface area contributed by atoms with E-state index < -0.39 is 0 Å². The molecule has 0 aromatic heterocycles. The van der Waals surface area contributed by atoms with Crippen molar-refractivity contribution in [2.45, 2.75) is 19.9 Å². The maximum atomic E-state index is 13.0. The third-order valence-corrected chi connectivity index (χ3v) is 5.01. The monoisotopic (exact) mass is 370 g/mol. The summed E-state index contributed by atoms with van der Waals surface area (Å²) in [6, 6.07) is 20.8. The van der Waals surface area contributed by atoms with Crippen molar-refractivity contribution < 1.29 is 9.69 Å². The van der Waals surface area contributed by atoms with Crippen LogP contribution in [0.25, 0.3) is 12.2 Å². The molecule has 0 saturated carbocycles. The van der Waals surface area contributed by atoms with Crippen molar-refractivity contribution in [3.05, 3.63) is 107 Å². The van der Waals surface area contributed by atoms with Crippen molar-refractivity contribution in [2.75, 3.05) is 13.1 Å². The fraction of sp³-hybridized carbons (Fsp3) is 0.192. The predicted molar refractivity (Wildman–Crippen MR) is 118 cm³/mol. The maximum Gasteiger partial charge on any atom is 0.196 e. The minimum atomic E-state index is 0.167. The number of hydrogen-bond donors (Lipinski definition) is 1. The third-order valence-electron chi connectivity index (χ3n) is 5.01. The van der Waals surface area contributed by atoms with Crippen LogP contribution < -0.4 is 4.90 Å². The Kier molecular flexibility index (Phi) is 6.94. The number of quaternary nitrogens is 1. The third kappa shape index (κ3) is 5.51. The lowest BCUT2D eigenvalue weighted by molar-refractivity contribution is -0.912. The number of Topliss-reactive ketones (excluding diaryl/α,β-unsaturated/α-hetero) is 1. The molecule has 2 heteroatoms. The van der Waals surface area contributed by atoms with Gasteiger partial charge in [-0.05, 0) is 37.1 Å². The standard InChI is InChI=1S/C26H27NO/c1-21(2)27-19-24(17-9-15-22-11-5-3-6-12-22)26(28)25(20-27)18-10-16-23-13-7-4-8-14-23/h3-18,21H,19-20H2,1-2H3/p+1/b15-9+,16-10+,24-17+,25-18+. The van der Waals surface area contributed by atoms with Crippen molar-refractivity contribution in [2.24, 2.45) is 0 Å². The predicted octanol–water partition coefficient (Wildman–Crippen LogP) is 4.14. The lowest BCUT2D eigenvalue weighted by Gasteiger charge is -2.29. The molecule has 142 valence electrons. The molecule has 0 bridgehead atoms. The number of likely N-dealkylation sites (tertiary alicyclic amines) is 1. The molecule has 1 fully saturated rings. The van der Waals surface area contributed by atoms with E-state index in [-0.39, 0.29) is 5.78 Å². The Hall–Kier alpha value is -2.97. The molecule has 1 aliphatic rings. The van der Waals surface area contributed by atoms with Crippen LogP contribution in [0, 0.1) is 0 Å². The van der Waals surface area contributed by atoms with Crippen LogP contribution in [0.15, 0.2) is 96.1 Å². The van der Waals surface area contributed by atoms with Crippen LogP contribution in [0.5, 0.6) is 0 Å². The number of hydrogen-bond acceptors (Lipinski definition) is 1. The molecule has 0 unspecified atom stereocenters.